The second-order valence-electron chi connectivity index (χ2n) is 5.09. The van der Waals surface area contributed by atoms with E-state index in [-0.39, 0.29) is 12.2 Å². The molecule has 0 bridgehead atoms. The van der Waals surface area contributed by atoms with Crippen molar-refractivity contribution in [3.8, 4) is 0 Å². The molecule has 2 heterocycles. The molecule has 0 spiro atoms. The summed E-state index contributed by atoms with van der Waals surface area (Å²) in [5.41, 5.74) is 1.77. The van der Waals surface area contributed by atoms with E-state index in [1.54, 1.807) is 0 Å². The van der Waals surface area contributed by atoms with Crippen LogP contribution >= 0.6 is 0 Å². The van der Waals surface area contributed by atoms with Crippen LogP contribution in [0.15, 0.2) is 24.3 Å². The Morgan fingerprint density at radius 2 is 2.18 bits per heavy atom. The van der Waals surface area contributed by atoms with Gasteiger partial charge in [0, 0.05) is 18.7 Å². The van der Waals surface area contributed by atoms with Crippen LogP contribution in [0, 0.1) is 5.92 Å². The quantitative estimate of drug-likeness (QED) is 0.696. The molecule has 3 rings (SSSR count). The third-order valence-corrected chi connectivity index (χ3v) is 3.69. The van der Waals surface area contributed by atoms with Crippen LogP contribution in [0.5, 0.6) is 0 Å². The number of hydrogen-bond donors (Lipinski definition) is 0. The maximum Gasteiger partial charge on any atom is 0.340 e. The van der Waals surface area contributed by atoms with E-state index in [1.807, 2.05) is 24.3 Å². The van der Waals surface area contributed by atoms with Crippen LogP contribution in [0.2, 0.25) is 0 Å². The lowest BCUT2D eigenvalue weighted by molar-refractivity contribution is -0.0377. The highest BCUT2D eigenvalue weighted by Crippen LogP contribution is 2.35. The molecule has 0 aromatic heterocycles. The first-order chi connectivity index (χ1) is 8.25. The van der Waals surface area contributed by atoms with Crippen LogP contribution in [0.25, 0.3) is 0 Å². The van der Waals surface area contributed by atoms with Crippen molar-refractivity contribution >= 4 is 5.97 Å². The van der Waals surface area contributed by atoms with E-state index in [9.17, 15) is 4.79 Å². The molecular formula is C14H17NO2. The fourth-order valence-corrected chi connectivity index (χ4v) is 2.84. The molecule has 0 N–H and O–H groups in total. The Balaban J connectivity index is 1.88. The van der Waals surface area contributed by atoms with Crippen LogP contribution in [0.1, 0.15) is 41.9 Å². The fraction of sp³-hybridized carbons (Fsp3) is 0.500. The van der Waals surface area contributed by atoms with E-state index in [1.165, 1.54) is 12.8 Å². The SMILES string of the molecule is C[C@H]1CCCN([C@H]2OC(=O)c3ccccc32)C1. The van der Waals surface area contributed by atoms with Gasteiger partial charge in [0.2, 0.25) is 0 Å². The standard InChI is InChI=1S/C14H17NO2/c1-10-5-4-8-15(9-10)13-11-6-2-3-7-12(11)14(16)17-13/h2-3,6-7,10,13H,4-5,8-9H2,1H3/t10-,13-/m0/s1. The van der Waals surface area contributed by atoms with E-state index in [2.05, 4.69) is 11.8 Å². The molecule has 0 radical (unpaired) electrons. The summed E-state index contributed by atoms with van der Waals surface area (Å²) < 4.78 is 5.51. The van der Waals surface area contributed by atoms with Crippen LogP contribution in [0.4, 0.5) is 0 Å². The number of likely N-dealkylation sites (tertiary alicyclic amines) is 1. The van der Waals surface area contributed by atoms with E-state index in [0.717, 1.165) is 24.2 Å². The van der Waals surface area contributed by atoms with E-state index in [4.69, 9.17) is 4.74 Å². The van der Waals surface area contributed by atoms with Gasteiger partial charge in [-0.3, -0.25) is 4.90 Å². The fourth-order valence-electron chi connectivity index (χ4n) is 2.84. The lowest BCUT2D eigenvalue weighted by Crippen LogP contribution is -2.37. The van der Waals surface area contributed by atoms with Gasteiger partial charge in [0.15, 0.2) is 6.23 Å². The van der Waals surface area contributed by atoms with Gasteiger partial charge in [-0.2, -0.15) is 0 Å². The third kappa shape index (κ3) is 1.84. The normalized spacial score (nSPS) is 28.9. The Morgan fingerprint density at radius 3 is 3.00 bits per heavy atom. The molecule has 17 heavy (non-hydrogen) atoms. The van der Waals surface area contributed by atoms with Crippen molar-refractivity contribution in [3.05, 3.63) is 35.4 Å². The van der Waals surface area contributed by atoms with Gasteiger partial charge in [0.05, 0.1) is 5.56 Å². The number of rotatable bonds is 1. The number of nitrogens with zero attached hydrogens (tertiary/aromatic N) is 1. The summed E-state index contributed by atoms with van der Waals surface area (Å²) in [6.45, 7) is 4.30. The molecular weight excluding hydrogens is 214 g/mol. The largest absolute Gasteiger partial charge is 0.438 e. The second kappa shape index (κ2) is 4.15. The molecule has 1 aromatic carbocycles. The minimum absolute atomic E-state index is 0.151. The van der Waals surface area contributed by atoms with Gasteiger partial charge in [-0.15, -0.1) is 0 Å². The van der Waals surface area contributed by atoms with Crippen molar-refractivity contribution in [1.29, 1.82) is 0 Å². The summed E-state index contributed by atoms with van der Waals surface area (Å²) in [7, 11) is 0. The average Bonchev–Trinajstić information content (AvgIpc) is 2.68. The van der Waals surface area contributed by atoms with Crippen LogP contribution in [-0.2, 0) is 4.74 Å². The van der Waals surface area contributed by atoms with Gasteiger partial charge in [0.1, 0.15) is 0 Å². The van der Waals surface area contributed by atoms with Crippen LogP contribution < -0.4 is 0 Å². The Labute approximate surface area is 101 Å². The lowest BCUT2D eigenvalue weighted by Gasteiger charge is -2.34. The third-order valence-electron chi connectivity index (χ3n) is 3.69. The Bertz CT molecular complexity index is 444. The highest BCUT2D eigenvalue weighted by molar-refractivity contribution is 5.93. The molecule has 2 aliphatic heterocycles. The predicted molar refractivity (Wildman–Crippen MR) is 64.6 cm³/mol. The molecule has 2 atom stereocenters. The molecule has 3 nitrogen and oxygen atoms in total. The molecule has 0 saturated carbocycles. The number of ether oxygens (including phenoxy) is 1. The lowest BCUT2D eigenvalue weighted by atomic mass is 9.99. The minimum Gasteiger partial charge on any atom is -0.438 e. The Kier molecular flexibility index (Phi) is 2.63. The zero-order valence-electron chi connectivity index (χ0n) is 10.1. The number of fused-ring (bicyclic) bond motifs is 1. The zero-order chi connectivity index (χ0) is 11.8. The maximum atomic E-state index is 11.8. The molecule has 0 unspecified atom stereocenters. The first kappa shape index (κ1) is 10.8. The molecule has 0 aliphatic carbocycles. The van der Waals surface area contributed by atoms with Gasteiger partial charge < -0.3 is 4.74 Å². The van der Waals surface area contributed by atoms with Crippen molar-refractivity contribution in [2.75, 3.05) is 13.1 Å². The van der Waals surface area contributed by atoms with Gasteiger partial charge in [-0.1, -0.05) is 25.1 Å². The van der Waals surface area contributed by atoms with E-state index >= 15 is 0 Å². The van der Waals surface area contributed by atoms with Crippen molar-refractivity contribution in [2.45, 2.75) is 26.0 Å². The molecule has 1 fully saturated rings. The topological polar surface area (TPSA) is 29.5 Å². The highest BCUT2D eigenvalue weighted by atomic mass is 16.6. The number of benzene rings is 1. The van der Waals surface area contributed by atoms with Gasteiger partial charge >= 0.3 is 5.97 Å². The van der Waals surface area contributed by atoms with E-state index in [0.29, 0.717) is 5.92 Å². The zero-order valence-corrected chi connectivity index (χ0v) is 10.1. The smallest absolute Gasteiger partial charge is 0.340 e. The summed E-state index contributed by atoms with van der Waals surface area (Å²) in [6, 6.07) is 7.72. The first-order valence-corrected chi connectivity index (χ1v) is 6.29. The van der Waals surface area contributed by atoms with Crippen LogP contribution in [0.3, 0.4) is 0 Å². The van der Waals surface area contributed by atoms with Crippen molar-refractivity contribution < 1.29 is 9.53 Å². The predicted octanol–water partition coefficient (Wildman–Crippen LogP) is 2.59. The summed E-state index contributed by atoms with van der Waals surface area (Å²) in [4.78, 5) is 14.0. The Hall–Kier alpha value is -1.35. The van der Waals surface area contributed by atoms with E-state index < -0.39 is 0 Å². The molecule has 90 valence electrons. The van der Waals surface area contributed by atoms with Gasteiger partial charge in [-0.05, 0) is 24.8 Å². The van der Waals surface area contributed by atoms with Crippen LogP contribution in [-0.4, -0.2) is 24.0 Å². The number of hydrogen-bond acceptors (Lipinski definition) is 3. The monoisotopic (exact) mass is 231 g/mol. The number of esters is 1. The molecule has 3 heteroatoms. The minimum atomic E-state index is -0.177. The number of piperidine rings is 1. The summed E-state index contributed by atoms with van der Waals surface area (Å²) in [5.74, 6) is 0.513. The number of cyclic esters (lactones) is 1. The summed E-state index contributed by atoms with van der Waals surface area (Å²) in [5, 5.41) is 0. The molecule has 1 saturated heterocycles. The van der Waals surface area contributed by atoms with Gasteiger partial charge in [-0.25, -0.2) is 4.79 Å². The summed E-state index contributed by atoms with van der Waals surface area (Å²) in [6.07, 6.45) is 2.32. The van der Waals surface area contributed by atoms with Crippen molar-refractivity contribution in [2.24, 2.45) is 5.92 Å². The molecule has 1 aromatic rings. The highest BCUT2D eigenvalue weighted by Gasteiger charge is 2.36. The summed E-state index contributed by atoms with van der Waals surface area (Å²) >= 11 is 0. The number of carbonyl (C=O) groups excluding carboxylic acids is 1. The maximum absolute atomic E-state index is 11.8. The average molecular weight is 231 g/mol. The first-order valence-electron chi connectivity index (χ1n) is 6.29. The van der Waals surface area contributed by atoms with Crippen molar-refractivity contribution in [1.82, 2.24) is 4.90 Å². The molecule has 0 amide bonds. The second-order valence-corrected chi connectivity index (χ2v) is 5.09. The molecule has 2 aliphatic rings. The number of carbonyl (C=O) groups is 1. The van der Waals surface area contributed by atoms with Gasteiger partial charge in [0.25, 0.3) is 0 Å². The van der Waals surface area contributed by atoms with Crippen molar-refractivity contribution in [3.63, 3.8) is 0 Å². The Morgan fingerprint density at radius 1 is 1.35 bits per heavy atom.